The van der Waals surface area contributed by atoms with E-state index in [2.05, 4.69) is 20.9 Å². The number of carboxylic acid groups (broad SMARTS) is 2. The fourth-order valence-electron chi connectivity index (χ4n) is 5.15. The summed E-state index contributed by atoms with van der Waals surface area (Å²) in [5.41, 5.74) is 0.525. The number of benzene rings is 1. The van der Waals surface area contributed by atoms with Gasteiger partial charge in [-0.25, -0.2) is 9.59 Å². The lowest BCUT2D eigenvalue weighted by molar-refractivity contribution is -0.394. The molecule has 0 fully saturated rings. The first-order chi connectivity index (χ1) is 31.0. The van der Waals surface area contributed by atoms with E-state index < -0.39 is 33.9 Å². The molecule has 0 bridgehead atoms. The normalized spacial score (nSPS) is 11.2. The van der Waals surface area contributed by atoms with Crippen LogP contribution >= 0.6 is 0 Å². The molecule has 1 heterocycles. The number of hydrogen-bond acceptors (Lipinski definition) is 19. The minimum atomic E-state index is -1.29. The maximum Gasteiger partial charge on any atom is 0.373 e. The number of nitrogens with zero attached hydrogens (tertiary/aromatic N) is 5. The lowest BCUT2D eigenvalue weighted by atomic mass is 10.1. The molecule has 0 aliphatic heterocycles. The maximum absolute atomic E-state index is 11.9. The Hall–Kier alpha value is -5.57. The Kier molecular flexibility index (Phi) is 33.5. The molecule has 1 aromatic carbocycles. The van der Waals surface area contributed by atoms with Crippen LogP contribution in [0.2, 0.25) is 0 Å². The second-order valence-corrected chi connectivity index (χ2v) is 13.1. The number of non-ortho nitro benzene ring substituents is 1. The molecule has 2 amide bonds. The number of aliphatic carboxylic acids is 2. The van der Waals surface area contributed by atoms with E-state index in [0.717, 1.165) is 18.9 Å². The lowest BCUT2D eigenvalue weighted by Gasteiger charge is -2.14. The molecule has 0 radical (unpaired) electrons. The number of carbonyl (C=O) groups is 3. The smallest absolute Gasteiger partial charge is 0.373 e. The number of urea groups is 1. The Balaban J connectivity index is 0.00000662. The first kappa shape index (κ1) is 56.4. The Morgan fingerprint density at radius 3 is 1.72 bits per heavy atom. The summed E-state index contributed by atoms with van der Waals surface area (Å²) in [5.74, 6) is -2.42. The van der Waals surface area contributed by atoms with Gasteiger partial charge in [-0.3, -0.25) is 29.7 Å². The first-order valence-electron chi connectivity index (χ1n) is 20.4. The largest absolute Gasteiger partial charge is 0.481 e. The minimum Gasteiger partial charge on any atom is -0.481 e. The second kappa shape index (κ2) is 37.9. The molecular formula is C38H59N7O19. The summed E-state index contributed by atoms with van der Waals surface area (Å²) in [4.78, 5) is 70.7. The molecule has 0 aliphatic carbocycles. The molecule has 4 N–H and O–H groups in total. The Morgan fingerprint density at radius 1 is 0.719 bits per heavy atom. The van der Waals surface area contributed by atoms with Crippen molar-refractivity contribution in [2.24, 2.45) is 0 Å². The maximum atomic E-state index is 11.9. The number of aryl methyl sites for hydroxylation is 2. The summed E-state index contributed by atoms with van der Waals surface area (Å²) in [6.45, 7) is 7.35. The molecule has 26 heteroatoms. The molecule has 2 aromatic rings. The zero-order chi connectivity index (χ0) is 47.0. The molecule has 0 aliphatic rings. The Morgan fingerprint density at radius 2 is 1.23 bits per heavy atom. The standard InChI is InChI=1S/C37H59N7O17.CO2/c45-35(46)9-8-33(36(47)48)39-37(49)38-10-2-1-3-11-42-28-31(40-41-42)29-61-26-25-60-24-23-59-22-21-58-20-19-57-18-17-56-16-15-55-14-13-54-12-4-5-30-6-7-32(43(50)51)27-34(30)44(52)53;2-1-3/h6-7,27-28,33H,1-5,8-26,29H2,(H,45,46)(H,47,48)(H2,38,39,49);/t33-;/m0./s1. The highest BCUT2D eigenvalue weighted by Crippen LogP contribution is 2.25. The van der Waals surface area contributed by atoms with Crippen molar-refractivity contribution in [1.82, 2.24) is 25.6 Å². The number of rotatable bonds is 40. The third-order valence-electron chi connectivity index (χ3n) is 8.25. The molecular weight excluding hydrogens is 858 g/mol. The Bertz CT molecular complexity index is 1640. The van der Waals surface area contributed by atoms with E-state index >= 15 is 0 Å². The highest BCUT2D eigenvalue weighted by atomic mass is 16.6. The molecule has 1 aromatic heterocycles. The van der Waals surface area contributed by atoms with Crippen LogP contribution in [-0.4, -0.2) is 171 Å². The molecule has 0 unspecified atom stereocenters. The third-order valence-corrected chi connectivity index (χ3v) is 8.25. The van der Waals surface area contributed by atoms with Gasteiger partial charge in [0, 0.05) is 37.7 Å². The van der Waals surface area contributed by atoms with Crippen molar-refractivity contribution in [3.8, 4) is 0 Å². The SMILES string of the molecule is O=C(O)CC[C@H](NC(=O)NCCCCCn1cc(COCCOCCOCCOCCOCCOCCOCCOCCCc2ccc([N+](=O)[O-])cc2[N+](=O)[O-])nn1)C(=O)O.O=C=O. The van der Waals surface area contributed by atoms with Crippen LogP contribution in [0, 0.1) is 20.2 Å². The fourth-order valence-corrected chi connectivity index (χ4v) is 5.15. The number of aromatic nitrogens is 3. The van der Waals surface area contributed by atoms with Crippen molar-refractivity contribution >= 4 is 35.5 Å². The summed E-state index contributed by atoms with van der Waals surface area (Å²) >= 11 is 0. The van der Waals surface area contributed by atoms with Gasteiger partial charge < -0.3 is 58.7 Å². The monoisotopic (exact) mass is 917 g/mol. The predicted octanol–water partition coefficient (Wildman–Crippen LogP) is 1.56. The number of nitro benzene ring substituents is 2. The average Bonchev–Trinajstić information content (AvgIpc) is 3.72. The van der Waals surface area contributed by atoms with Crippen molar-refractivity contribution in [3.05, 3.63) is 55.9 Å². The first-order valence-corrected chi connectivity index (χ1v) is 20.4. The van der Waals surface area contributed by atoms with Crippen LogP contribution < -0.4 is 10.6 Å². The minimum absolute atomic E-state index is 0.199. The van der Waals surface area contributed by atoms with E-state index in [0.29, 0.717) is 149 Å². The molecule has 0 spiro atoms. The van der Waals surface area contributed by atoms with Crippen molar-refractivity contribution in [1.29, 1.82) is 0 Å². The van der Waals surface area contributed by atoms with Crippen LogP contribution in [0.25, 0.3) is 0 Å². The average molecular weight is 918 g/mol. The number of amides is 2. The van der Waals surface area contributed by atoms with Crippen LogP contribution in [0.15, 0.2) is 24.4 Å². The van der Waals surface area contributed by atoms with Crippen LogP contribution in [0.5, 0.6) is 0 Å². The van der Waals surface area contributed by atoms with E-state index in [1.54, 1.807) is 10.9 Å². The third kappa shape index (κ3) is 30.5. The molecule has 64 heavy (non-hydrogen) atoms. The highest BCUT2D eigenvalue weighted by Gasteiger charge is 2.21. The number of carbonyl (C=O) groups excluding carboxylic acids is 3. The zero-order valence-corrected chi connectivity index (χ0v) is 35.6. The van der Waals surface area contributed by atoms with Gasteiger partial charge in [0.05, 0.1) is 121 Å². The molecule has 1 atom stereocenters. The summed E-state index contributed by atoms with van der Waals surface area (Å²) < 4.78 is 45.6. The second-order valence-electron chi connectivity index (χ2n) is 13.1. The summed E-state index contributed by atoms with van der Waals surface area (Å²) in [5, 5.41) is 52.9. The van der Waals surface area contributed by atoms with Gasteiger partial charge in [-0.2, -0.15) is 9.59 Å². The van der Waals surface area contributed by atoms with Crippen LogP contribution in [0.3, 0.4) is 0 Å². The van der Waals surface area contributed by atoms with Gasteiger partial charge in [0.25, 0.3) is 11.4 Å². The predicted molar refractivity (Wildman–Crippen MR) is 217 cm³/mol. The van der Waals surface area contributed by atoms with Crippen molar-refractivity contribution in [2.75, 3.05) is 106 Å². The van der Waals surface area contributed by atoms with Crippen LogP contribution in [-0.2, 0) is 76.6 Å². The number of hydrogen-bond donors (Lipinski definition) is 4. The van der Waals surface area contributed by atoms with E-state index in [1.807, 2.05) is 0 Å². The van der Waals surface area contributed by atoms with Crippen molar-refractivity contribution in [2.45, 2.75) is 64.1 Å². The van der Waals surface area contributed by atoms with Crippen LogP contribution in [0.4, 0.5) is 16.2 Å². The van der Waals surface area contributed by atoms with Gasteiger partial charge in [-0.15, -0.1) is 5.10 Å². The quantitative estimate of drug-likeness (QED) is 0.0418. The van der Waals surface area contributed by atoms with E-state index in [4.69, 9.17) is 57.7 Å². The van der Waals surface area contributed by atoms with Crippen LogP contribution in [0.1, 0.15) is 49.8 Å². The summed E-state index contributed by atoms with van der Waals surface area (Å²) in [6.07, 6.45) is 4.63. The van der Waals surface area contributed by atoms with E-state index in [-0.39, 0.29) is 30.4 Å². The molecule has 2 rings (SSSR count). The van der Waals surface area contributed by atoms with Gasteiger partial charge >= 0.3 is 24.1 Å². The number of nitro groups is 2. The molecule has 26 nitrogen and oxygen atoms in total. The number of unbranched alkanes of at least 4 members (excludes halogenated alkanes) is 2. The van der Waals surface area contributed by atoms with E-state index in [9.17, 15) is 34.6 Å². The molecule has 0 saturated carbocycles. The van der Waals surface area contributed by atoms with Crippen molar-refractivity contribution in [3.63, 3.8) is 0 Å². The summed E-state index contributed by atoms with van der Waals surface area (Å²) in [6, 6.07) is 1.71. The number of ether oxygens (including phenoxy) is 8. The highest BCUT2D eigenvalue weighted by molar-refractivity contribution is 5.83. The van der Waals surface area contributed by atoms with Gasteiger partial charge in [-0.1, -0.05) is 5.21 Å². The summed E-state index contributed by atoms with van der Waals surface area (Å²) in [7, 11) is 0. The molecule has 0 saturated heterocycles. The van der Waals surface area contributed by atoms with Gasteiger partial charge in [0.15, 0.2) is 0 Å². The number of nitrogens with one attached hydrogen (secondary N) is 2. The topological polar surface area (TPSA) is 341 Å². The van der Waals surface area contributed by atoms with Gasteiger partial charge in [0.1, 0.15) is 11.7 Å². The zero-order valence-electron chi connectivity index (χ0n) is 35.6. The fraction of sp³-hybridized carbons (Fsp3) is 0.684. The molecule has 360 valence electrons. The Labute approximate surface area is 368 Å². The van der Waals surface area contributed by atoms with Gasteiger partial charge in [-0.05, 0) is 44.6 Å². The number of carboxylic acids is 2. The lowest BCUT2D eigenvalue weighted by Crippen LogP contribution is -2.46. The van der Waals surface area contributed by atoms with Gasteiger partial charge in [0.2, 0.25) is 0 Å². The van der Waals surface area contributed by atoms with E-state index in [1.165, 1.54) is 12.1 Å². The van der Waals surface area contributed by atoms with Crippen molar-refractivity contribution < 1.29 is 81.9 Å².